The number of aromatic nitrogens is 4. The molecule has 0 spiro atoms. The molecule has 28 heavy (non-hydrogen) atoms. The van der Waals surface area contributed by atoms with Gasteiger partial charge in [-0.3, -0.25) is 14.2 Å². The fourth-order valence-corrected chi connectivity index (χ4v) is 2.87. The van der Waals surface area contributed by atoms with E-state index in [9.17, 15) is 18.0 Å². The summed E-state index contributed by atoms with van der Waals surface area (Å²) >= 11 is 5.70. The van der Waals surface area contributed by atoms with E-state index in [1.165, 1.54) is 6.92 Å². The predicted molar refractivity (Wildman–Crippen MR) is 98.0 cm³/mol. The summed E-state index contributed by atoms with van der Waals surface area (Å²) in [6.07, 6.45) is -2.97. The van der Waals surface area contributed by atoms with E-state index in [-0.39, 0.29) is 24.6 Å². The molecular formula is C18H17ClF3N5O. The van der Waals surface area contributed by atoms with Crippen LogP contribution in [-0.4, -0.2) is 25.5 Å². The summed E-state index contributed by atoms with van der Waals surface area (Å²) < 4.78 is 41.3. The van der Waals surface area contributed by atoms with Crippen molar-refractivity contribution in [2.24, 2.45) is 0 Å². The minimum Gasteiger partial charge on any atom is -0.309 e. The van der Waals surface area contributed by atoms with Gasteiger partial charge in [-0.1, -0.05) is 41.9 Å². The van der Waals surface area contributed by atoms with Crippen LogP contribution < -0.4 is 5.32 Å². The van der Waals surface area contributed by atoms with Gasteiger partial charge in [0.25, 0.3) is 0 Å². The smallest absolute Gasteiger partial charge is 0.309 e. The highest BCUT2D eigenvalue weighted by molar-refractivity contribution is 6.31. The summed E-state index contributed by atoms with van der Waals surface area (Å²) in [5.41, 5.74) is 0.0793. The fourth-order valence-electron chi connectivity index (χ4n) is 2.62. The van der Waals surface area contributed by atoms with E-state index >= 15 is 0 Å². The molecule has 10 heteroatoms. The summed E-state index contributed by atoms with van der Waals surface area (Å²) in [4.78, 5) is 12.1. The lowest BCUT2D eigenvalue weighted by atomic mass is 10.2. The number of halogens is 4. The van der Waals surface area contributed by atoms with Gasteiger partial charge in [-0.15, -0.1) is 0 Å². The number of anilines is 1. The molecular weight excluding hydrogens is 395 g/mol. The van der Waals surface area contributed by atoms with Crippen molar-refractivity contribution >= 4 is 23.3 Å². The number of nitrogens with zero attached hydrogens (tertiary/aromatic N) is 4. The normalized spacial score (nSPS) is 11.6. The lowest BCUT2D eigenvalue weighted by Gasteiger charge is -2.05. The molecule has 0 unspecified atom stereocenters. The molecule has 0 aliphatic rings. The summed E-state index contributed by atoms with van der Waals surface area (Å²) in [7, 11) is 0. The Hall–Kier alpha value is -2.81. The van der Waals surface area contributed by atoms with E-state index in [1.807, 2.05) is 30.3 Å². The van der Waals surface area contributed by atoms with Gasteiger partial charge in [-0.05, 0) is 12.5 Å². The SMILES string of the molecule is Cc1c(Cl)c(C(F)(F)F)nn1CCC(=O)Nc1ccn(Cc2ccccc2)n1. The average Bonchev–Trinajstić information content (AvgIpc) is 3.19. The van der Waals surface area contributed by atoms with E-state index in [2.05, 4.69) is 15.5 Å². The Bertz CT molecular complexity index is 966. The minimum atomic E-state index is -4.64. The average molecular weight is 412 g/mol. The topological polar surface area (TPSA) is 64.7 Å². The largest absolute Gasteiger partial charge is 0.436 e. The number of aryl methyl sites for hydroxylation is 1. The molecule has 0 radical (unpaired) electrons. The molecule has 6 nitrogen and oxygen atoms in total. The zero-order valence-electron chi connectivity index (χ0n) is 14.9. The first-order valence-electron chi connectivity index (χ1n) is 8.41. The third kappa shape index (κ3) is 4.72. The van der Waals surface area contributed by atoms with Crippen LogP contribution in [0.25, 0.3) is 0 Å². The lowest BCUT2D eigenvalue weighted by Crippen LogP contribution is -2.16. The van der Waals surface area contributed by atoms with Crippen LogP contribution in [0.15, 0.2) is 42.6 Å². The van der Waals surface area contributed by atoms with Crippen molar-refractivity contribution in [1.82, 2.24) is 19.6 Å². The van der Waals surface area contributed by atoms with Gasteiger partial charge < -0.3 is 5.32 Å². The number of amides is 1. The Kier molecular flexibility index (Phi) is 5.73. The van der Waals surface area contributed by atoms with Crippen LogP contribution in [0.2, 0.25) is 5.02 Å². The number of rotatable bonds is 6. The Morgan fingerprint density at radius 2 is 1.89 bits per heavy atom. The lowest BCUT2D eigenvalue weighted by molar-refractivity contribution is -0.141. The van der Waals surface area contributed by atoms with E-state index < -0.39 is 16.9 Å². The van der Waals surface area contributed by atoms with Gasteiger partial charge in [0.05, 0.1) is 23.8 Å². The van der Waals surface area contributed by atoms with E-state index in [0.717, 1.165) is 10.2 Å². The van der Waals surface area contributed by atoms with E-state index in [1.54, 1.807) is 16.9 Å². The highest BCUT2D eigenvalue weighted by Gasteiger charge is 2.38. The second kappa shape index (κ2) is 8.05. The monoisotopic (exact) mass is 411 g/mol. The van der Waals surface area contributed by atoms with Crippen LogP contribution >= 0.6 is 11.6 Å². The van der Waals surface area contributed by atoms with Gasteiger partial charge in [0, 0.05) is 18.7 Å². The number of carbonyl (C=O) groups excluding carboxylic acids is 1. The Morgan fingerprint density at radius 1 is 1.18 bits per heavy atom. The van der Waals surface area contributed by atoms with Crippen LogP contribution in [0.1, 0.15) is 23.4 Å². The molecule has 0 aliphatic carbocycles. The number of hydrogen-bond donors (Lipinski definition) is 1. The zero-order chi connectivity index (χ0) is 20.3. The highest BCUT2D eigenvalue weighted by atomic mass is 35.5. The fraction of sp³-hybridized carbons (Fsp3) is 0.278. The standard InChI is InChI=1S/C18H17ClF3N5O/c1-12-16(19)17(18(20,21)22)25-27(12)10-8-15(28)23-14-7-9-26(24-14)11-13-5-3-2-4-6-13/h2-7,9H,8,10-11H2,1H3,(H,23,24,28). The van der Waals surface area contributed by atoms with Crippen molar-refractivity contribution in [2.45, 2.75) is 32.6 Å². The molecule has 0 saturated carbocycles. The molecule has 2 aromatic heterocycles. The molecule has 148 valence electrons. The van der Waals surface area contributed by atoms with Crippen molar-refractivity contribution in [2.75, 3.05) is 5.32 Å². The molecule has 0 atom stereocenters. The molecule has 1 N–H and O–H groups in total. The molecule has 0 fully saturated rings. The summed E-state index contributed by atoms with van der Waals surface area (Å²) in [6.45, 7) is 1.95. The van der Waals surface area contributed by atoms with Gasteiger partial charge in [0.1, 0.15) is 0 Å². The van der Waals surface area contributed by atoms with Crippen LogP contribution in [0.4, 0.5) is 19.0 Å². The van der Waals surface area contributed by atoms with Gasteiger partial charge >= 0.3 is 6.18 Å². The van der Waals surface area contributed by atoms with Gasteiger partial charge in [0.2, 0.25) is 5.91 Å². The number of carbonyl (C=O) groups is 1. The molecule has 3 rings (SSSR count). The summed E-state index contributed by atoms with van der Waals surface area (Å²) in [6, 6.07) is 11.4. The first-order valence-corrected chi connectivity index (χ1v) is 8.79. The van der Waals surface area contributed by atoms with Crippen molar-refractivity contribution in [1.29, 1.82) is 0 Å². The Morgan fingerprint density at radius 3 is 2.54 bits per heavy atom. The minimum absolute atomic E-state index is 0.0296. The second-order valence-corrected chi connectivity index (χ2v) is 6.53. The molecule has 1 aromatic carbocycles. The van der Waals surface area contributed by atoms with Crippen molar-refractivity contribution < 1.29 is 18.0 Å². The first kappa shape index (κ1) is 19.9. The molecule has 2 heterocycles. The third-order valence-corrected chi connectivity index (χ3v) is 4.50. The third-order valence-electron chi connectivity index (χ3n) is 4.05. The molecule has 1 amide bonds. The van der Waals surface area contributed by atoms with Crippen LogP contribution in [0.3, 0.4) is 0 Å². The quantitative estimate of drug-likeness (QED) is 0.663. The first-order chi connectivity index (χ1) is 13.2. The van der Waals surface area contributed by atoms with Crippen molar-refractivity contribution in [3.63, 3.8) is 0 Å². The molecule has 3 aromatic rings. The number of alkyl halides is 3. The number of hydrogen-bond acceptors (Lipinski definition) is 3. The Balaban J connectivity index is 1.57. The number of nitrogens with one attached hydrogen (secondary N) is 1. The van der Waals surface area contributed by atoms with E-state index in [0.29, 0.717) is 12.4 Å². The summed E-state index contributed by atoms with van der Waals surface area (Å²) in [5, 5.41) is 9.90. The predicted octanol–water partition coefficient (Wildman–Crippen LogP) is 4.14. The molecule has 0 aliphatic heterocycles. The van der Waals surface area contributed by atoms with Gasteiger partial charge in [-0.2, -0.15) is 23.4 Å². The highest BCUT2D eigenvalue weighted by Crippen LogP contribution is 2.35. The summed E-state index contributed by atoms with van der Waals surface area (Å²) in [5.74, 6) is -0.0170. The maximum Gasteiger partial charge on any atom is 0.436 e. The maximum absolute atomic E-state index is 12.8. The number of benzene rings is 1. The maximum atomic E-state index is 12.8. The van der Waals surface area contributed by atoms with E-state index in [4.69, 9.17) is 11.6 Å². The van der Waals surface area contributed by atoms with Crippen LogP contribution in [-0.2, 0) is 24.1 Å². The zero-order valence-corrected chi connectivity index (χ0v) is 15.6. The Labute approximate surface area is 163 Å². The second-order valence-electron chi connectivity index (χ2n) is 6.15. The molecule has 0 saturated heterocycles. The van der Waals surface area contributed by atoms with Gasteiger partial charge in [-0.25, -0.2) is 0 Å². The van der Waals surface area contributed by atoms with Crippen molar-refractivity contribution in [3.05, 3.63) is 64.6 Å². The van der Waals surface area contributed by atoms with Crippen LogP contribution in [0.5, 0.6) is 0 Å². The molecule has 0 bridgehead atoms. The van der Waals surface area contributed by atoms with Crippen molar-refractivity contribution in [3.8, 4) is 0 Å². The van der Waals surface area contributed by atoms with Crippen LogP contribution in [0, 0.1) is 6.92 Å². The van der Waals surface area contributed by atoms with Gasteiger partial charge in [0.15, 0.2) is 11.5 Å².